The lowest BCUT2D eigenvalue weighted by Gasteiger charge is -2.17. The quantitative estimate of drug-likeness (QED) is 0.841. The number of hydrogen-bond acceptors (Lipinski definition) is 5. The second-order valence-electron chi connectivity index (χ2n) is 4.20. The van der Waals surface area contributed by atoms with Crippen molar-refractivity contribution in [2.24, 2.45) is 0 Å². The van der Waals surface area contributed by atoms with Gasteiger partial charge in [-0.05, 0) is 6.07 Å². The van der Waals surface area contributed by atoms with E-state index in [1.54, 1.807) is 45.9 Å². The molecule has 2 N–H and O–H groups in total. The molecule has 1 heterocycles. The number of hydrogen-bond donors (Lipinski definition) is 2. The molecule has 6 heteroatoms. The molecule has 0 amide bonds. The maximum absolute atomic E-state index is 10.4. The highest BCUT2D eigenvalue weighted by molar-refractivity contribution is 5.51. The highest BCUT2D eigenvalue weighted by atomic mass is 16.5. The van der Waals surface area contributed by atoms with Gasteiger partial charge in [-0.25, -0.2) is 4.98 Å². The smallest absolute Gasteiger partial charge is 0.164 e. The van der Waals surface area contributed by atoms with Crippen LogP contribution in [0.2, 0.25) is 0 Å². The van der Waals surface area contributed by atoms with Crippen molar-refractivity contribution in [1.82, 2.24) is 9.97 Å². The SMILES string of the molecule is COc1cc(OC)c(C(O)Cc2ncc[nH]2)cc1OC. The van der Waals surface area contributed by atoms with Gasteiger partial charge >= 0.3 is 0 Å². The molecule has 0 aliphatic heterocycles. The van der Waals surface area contributed by atoms with Crippen molar-refractivity contribution in [3.8, 4) is 17.2 Å². The Labute approximate surface area is 117 Å². The molecule has 6 nitrogen and oxygen atoms in total. The standard InChI is InChI=1S/C14H18N2O4/c1-18-11-8-13(20-3)12(19-2)6-9(11)10(17)7-14-15-4-5-16-14/h4-6,8,10,17H,7H2,1-3H3,(H,15,16). The van der Waals surface area contributed by atoms with Crippen LogP contribution in [0.25, 0.3) is 0 Å². The van der Waals surface area contributed by atoms with E-state index in [4.69, 9.17) is 14.2 Å². The molecule has 0 aliphatic rings. The number of H-pyrrole nitrogens is 1. The second kappa shape index (κ2) is 6.29. The molecule has 1 atom stereocenters. The highest BCUT2D eigenvalue weighted by Crippen LogP contribution is 2.38. The molecule has 20 heavy (non-hydrogen) atoms. The van der Waals surface area contributed by atoms with Crippen molar-refractivity contribution in [3.05, 3.63) is 35.9 Å². The zero-order valence-electron chi connectivity index (χ0n) is 11.7. The molecule has 108 valence electrons. The summed E-state index contributed by atoms with van der Waals surface area (Å²) < 4.78 is 15.8. The van der Waals surface area contributed by atoms with Crippen molar-refractivity contribution in [2.45, 2.75) is 12.5 Å². The molecule has 0 saturated heterocycles. The largest absolute Gasteiger partial charge is 0.496 e. The monoisotopic (exact) mass is 278 g/mol. The lowest BCUT2D eigenvalue weighted by atomic mass is 10.0. The van der Waals surface area contributed by atoms with Crippen LogP contribution in [0.1, 0.15) is 17.5 Å². The topological polar surface area (TPSA) is 76.6 Å². The molecular formula is C14H18N2O4. The van der Waals surface area contributed by atoms with E-state index in [1.165, 1.54) is 0 Å². The second-order valence-corrected chi connectivity index (χ2v) is 4.20. The van der Waals surface area contributed by atoms with Crippen LogP contribution in [0.3, 0.4) is 0 Å². The minimum Gasteiger partial charge on any atom is -0.496 e. The fourth-order valence-corrected chi connectivity index (χ4v) is 2.02. The van der Waals surface area contributed by atoms with E-state index in [9.17, 15) is 5.11 Å². The normalized spacial score (nSPS) is 12.0. The zero-order valence-corrected chi connectivity index (χ0v) is 11.7. The van der Waals surface area contributed by atoms with Crippen LogP contribution in [-0.4, -0.2) is 36.4 Å². The van der Waals surface area contributed by atoms with Crippen LogP contribution in [0.15, 0.2) is 24.5 Å². The average Bonchev–Trinajstić information content (AvgIpc) is 2.98. The van der Waals surface area contributed by atoms with Gasteiger partial charge in [-0.2, -0.15) is 0 Å². The number of benzene rings is 1. The Bertz CT molecular complexity index is 555. The van der Waals surface area contributed by atoms with Gasteiger partial charge < -0.3 is 24.3 Å². The third kappa shape index (κ3) is 2.85. The van der Waals surface area contributed by atoms with Gasteiger partial charge in [0.05, 0.1) is 27.4 Å². The third-order valence-electron chi connectivity index (χ3n) is 3.04. The van der Waals surface area contributed by atoms with Gasteiger partial charge in [-0.3, -0.25) is 0 Å². The van der Waals surface area contributed by atoms with Crippen LogP contribution in [0, 0.1) is 0 Å². The Kier molecular flexibility index (Phi) is 4.47. The Hall–Kier alpha value is -2.21. The summed E-state index contributed by atoms with van der Waals surface area (Å²) >= 11 is 0. The number of rotatable bonds is 6. The maximum atomic E-state index is 10.4. The third-order valence-corrected chi connectivity index (χ3v) is 3.04. The molecule has 1 aromatic heterocycles. The van der Waals surface area contributed by atoms with Gasteiger partial charge in [0.2, 0.25) is 0 Å². The Morgan fingerprint density at radius 3 is 2.30 bits per heavy atom. The summed E-state index contributed by atoms with van der Waals surface area (Å²) in [4.78, 5) is 7.06. The Balaban J connectivity index is 2.33. The van der Waals surface area contributed by atoms with E-state index in [0.29, 0.717) is 35.1 Å². The first-order chi connectivity index (χ1) is 9.69. The van der Waals surface area contributed by atoms with Crippen LogP contribution in [0.4, 0.5) is 0 Å². The summed E-state index contributed by atoms with van der Waals surface area (Å²) in [6.07, 6.45) is 2.97. The van der Waals surface area contributed by atoms with Gasteiger partial charge in [0.25, 0.3) is 0 Å². The number of nitrogens with zero attached hydrogens (tertiary/aromatic N) is 1. The first kappa shape index (κ1) is 14.2. The molecule has 1 unspecified atom stereocenters. The molecule has 0 fully saturated rings. The molecule has 1 aromatic carbocycles. The fourth-order valence-electron chi connectivity index (χ4n) is 2.02. The van der Waals surface area contributed by atoms with Gasteiger partial charge in [-0.15, -0.1) is 0 Å². The number of aliphatic hydroxyl groups is 1. The summed E-state index contributed by atoms with van der Waals surface area (Å²) in [5, 5.41) is 10.4. The minimum absolute atomic E-state index is 0.360. The highest BCUT2D eigenvalue weighted by Gasteiger charge is 2.19. The summed E-state index contributed by atoms with van der Waals surface area (Å²) in [5.41, 5.74) is 0.626. The fraction of sp³-hybridized carbons (Fsp3) is 0.357. The summed E-state index contributed by atoms with van der Waals surface area (Å²) in [5.74, 6) is 2.34. The molecule has 2 aromatic rings. The number of aromatic nitrogens is 2. The zero-order chi connectivity index (χ0) is 14.5. The lowest BCUT2D eigenvalue weighted by Crippen LogP contribution is -2.06. The van der Waals surface area contributed by atoms with Gasteiger partial charge in [-0.1, -0.05) is 0 Å². The summed E-state index contributed by atoms with van der Waals surface area (Å²) in [7, 11) is 4.65. The molecule has 0 spiro atoms. The predicted octanol–water partition coefficient (Wildman–Crippen LogP) is 1.71. The van der Waals surface area contributed by atoms with Gasteiger partial charge in [0.15, 0.2) is 11.5 Å². The number of ether oxygens (including phenoxy) is 3. The average molecular weight is 278 g/mol. The number of aromatic amines is 1. The van der Waals surface area contributed by atoms with E-state index in [-0.39, 0.29) is 0 Å². The van der Waals surface area contributed by atoms with Gasteiger partial charge in [0.1, 0.15) is 11.6 Å². The summed E-state index contributed by atoms with van der Waals surface area (Å²) in [6.45, 7) is 0. The molecule has 2 rings (SSSR count). The van der Waals surface area contributed by atoms with Crippen molar-refractivity contribution in [1.29, 1.82) is 0 Å². The molecule has 0 radical (unpaired) electrons. The van der Waals surface area contributed by atoms with E-state index < -0.39 is 6.10 Å². The number of aliphatic hydroxyl groups excluding tert-OH is 1. The molecule has 0 aliphatic carbocycles. The Morgan fingerprint density at radius 2 is 1.75 bits per heavy atom. The van der Waals surface area contributed by atoms with Crippen LogP contribution in [0.5, 0.6) is 17.2 Å². The van der Waals surface area contributed by atoms with Crippen molar-refractivity contribution >= 4 is 0 Å². The van der Waals surface area contributed by atoms with Crippen LogP contribution < -0.4 is 14.2 Å². The van der Waals surface area contributed by atoms with E-state index >= 15 is 0 Å². The maximum Gasteiger partial charge on any atom is 0.164 e. The Morgan fingerprint density at radius 1 is 1.10 bits per heavy atom. The number of methoxy groups -OCH3 is 3. The van der Waals surface area contributed by atoms with Gasteiger partial charge in [0, 0.05) is 30.4 Å². The van der Waals surface area contributed by atoms with E-state index in [1.807, 2.05) is 0 Å². The van der Waals surface area contributed by atoms with Crippen molar-refractivity contribution in [3.63, 3.8) is 0 Å². The van der Waals surface area contributed by atoms with Crippen molar-refractivity contribution in [2.75, 3.05) is 21.3 Å². The first-order valence-corrected chi connectivity index (χ1v) is 6.15. The number of nitrogens with one attached hydrogen (secondary N) is 1. The molecule has 0 bridgehead atoms. The van der Waals surface area contributed by atoms with Crippen LogP contribution >= 0.6 is 0 Å². The minimum atomic E-state index is -0.754. The summed E-state index contributed by atoms with van der Waals surface area (Å²) in [6, 6.07) is 3.41. The first-order valence-electron chi connectivity index (χ1n) is 6.15. The van der Waals surface area contributed by atoms with E-state index in [0.717, 1.165) is 0 Å². The van der Waals surface area contributed by atoms with E-state index in [2.05, 4.69) is 9.97 Å². The van der Waals surface area contributed by atoms with Crippen molar-refractivity contribution < 1.29 is 19.3 Å². The molecular weight excluding hydrogens is 260 g/mol. The molecule has 0 saturated carbocycles. The number of imidazole rings is 1. The van der Waals surface area contributed by atoms with Crippen LogP contribution in [-0.2, 0) is 6.42 Å². The predicted molar refractivity (Wildman–Crippen MR) is 73.3 cm³/mol. The lowest BCUT2D eigenvalue weighted by molar-refractivity contribution is 0.171.